The van der Waals surface area contributed by atoms with Gasteiger partial charge in [0.25, 0.3) is 0 Å². The summed E-state index contributed by atoms with van der Waals surface area (Å²) >= 11 is 0. The van der Waals surface area contributed by atoms with Gasteiger partial charge in [0.2, 0.25) is 0 Å². The van der Waals surface area contributed by atoms with Gasteiger partial charge in [-0.25, -0.2) is 4.79 Å². The third-order valence-corrected chi connectivity index (χ3v) is 1.68. The van der Waals surface area contributed by atoms with Crippen molar-refractivity contribution >= 4 is 6.03 Å². The molecule has 0 spiro atoms. The third-order valence-electron chi connectivity index (χ3n) is 1.68. The van der Waals surface area contributed by atoms with Gasteiger partial charge in [-0.15, -0.1) is 0 Å². The Bertz CT molecular complexity index is 195. The second-order valence-electron chi connectivity index (χ2n) is 5.19. The number of urea groups is 1. The van der Waals surface area contributed by atoms with Crippen LogP contribution in [0.4, 0.5) is 4.79 Å². The summed E-state index contributed by atoms with van der Waals surface area (Å²) in [4.78, 5) is 11.4. The number of carbonyl (C=O) groups is 1. The molecule has 4 nitrogen and oxygen atoms in total. The number of aliphatic hydroxyl groups excluding tert-OH is 1. The number of hydrogen-bond acceptors (Lipinski definition) is 2. The van der Waals surface area contributed by atoms with Crippen LogP contribution in [0.3, 0.4) is 0 Å². The Labute approximate surface area is 86.1 Å². The third kappa shape index (κ3) is 6.71. The van der Waals surface area contributed by atoms with Crippen molar-refractivity contribution in [1.29, 1.82) is 0 Å². The van der Waals surface area contributed by atoms with Crippen LogP contribution in [0.2, 0.25) is 0 Å². The van der Waals surface area contributed by atoms with Gasteiger partial charge in [-0.05, 0) is 41.0 Å². The lowest BCUT2D eigenvalue weighted by molar-refractivity contribution is 0.204. The average molecular weight is 202 g/mol. The minimum absolute atomic E-state index is 0.0722. The maximum absolute atomic E-state index is 11.4. The highest BCUT2D eigenvalue weighted by Gasteiger charge is 2.21. The Morgan fingerprint density at radius 1 is 1.14 bits per heavy atom. The fourth-order valence-corrected chi connectivity index (χ4v) is 1.02. The molecule has 84 valence electrons. The number of carbonyl (C=O) groups excluding carboxylic acids is 1. The van der Waals surface area contributed by atoms with Gasteiger partial charge in [-0.3, -0.25) is 0 Å². The number of amides is 2. The Morgan fingerprint density at radius 3 is 2.00 bits per heavy atom. The molecule has 14 heavy (non-hydrogen) atoms. The first-order valence-corrected chi connectivity index (χ1v) is 4.87. The van der Waals surface area contributed by atoms with Crippen molar-refractivity contribution in [1.82, 2.24) is 10.6 Å². The molecular formula is C10H22N2O2. The molecule has 0 aromatic heterocycles. The molecule has 0 saturated heterocycles. The molecule has 3 N–H and O–H groups in total. The first-order chi connectivity index (χ1) is 6.16. The predicted octanol–water partition coefficient (Wildman–Crippen LogP) is 1.25. The van der Waals surface area contributed by atoms with E-state index in [1.165, 1.54) is 0 Å². The average Bonchev–Trinajstić information content (AvgIpc) is 1.78. The lowest BCUT2D eigenvalue weighted by Crippen LogP contribution is -2.53. The zero-order chi connectivity index (χ0) is 11.4. The van der Waals surface area contributed by atoms with Gasteiger partial charge in [0.05, 0.1) is 0 Å². The first-order valence-electron chi connectivity index (χ1n) is 4.87. The van der Waals surface area contributed by atoms with E-state index in [1.807, 2.05) is 34.6 Å². The normalized spacial score (nSPS) is 12.4. The van der Waals surface area contributed by atoms with Gasteiger partial charge < -0.3 is 15.7 Å². The van der Waals surface area contributed by atoms with E-state index in [-0.39, 0.29) is 23.7 Å². The van der Waals surface area contributed by atoms with Gasteiger partial charge in [-0.1, -0.05) is 0 Å². The van der Waals surface area contributed by atoms with Crippen LogP contribution in [0.5, 0.6) is 0 Å². The molecule has 0 aliphatic carbocycles. The van der Waals surface area contributed by atoms with Crippen molar-refractivity contribution < 1.29 is 9.90 Å². The van der Waals surface area contributed by atoms with Gasteiger partial charge in [0, 0.05) is 17.7 Å². The van der Waals surface area contributed by atoms with Crippen LogP contribution in [-0.2, 0) is 0 Å². The molecule has 0 saturated carbocycles. The van der Waals surface area contributed by atoms with Crippen molar-refractivity contribution in [3.05, 3.63) is 0 Å². The Hall–Kier alpha value is -0.770. The molecule has 4 heteroatoms. The highest BCUT2D eigenvalue weighted by Crippen LogP contribution is 2.07. The summed E-state index contributed by atoms with van der Waals surface area (Å²) < 4.78 is 0. The van der Waals surface area contributed by atoms with Crippen molar-refractivity contribution in [2.24, 2.45) is 0 Å². The first kappa shape index (κ1) is 13.2. The van der Waals surface area contributed by atoms with Crippen LogP contribution in [0.15, 0.2) is 0 Å². The molecule has 0 aliphatic heterocycles. The minimum Gasteiger partial charge on any atom is -0.396 e. The summed E-state index contributed by atoms with van der Waals surface area (Å²) in [5.74, 6) is 0. The van der Waals surface area contributed by atoms with Crippen LogP contribution >= 0.6 is 0 Å². The van der Waals surface area contributed by atoms with E-state index in [0.717, 1.165) is 0 Å². The summed E-state index contributed by atoms with van der Waals surface area (Å²) in [7, 11) is 0. The zero-order valence-corrected chi connectivity index (χ0v) is 9.77. The molecular weight excluding hydrogens is 180 g/mol. The monoisotopic (exact) mass is 202 g/mol. The van der Waals surface area contributed by atoms with E-state index < -0.39 is 0 Å². The zero-order valence-electron chi connectivity index (χ0n) is 9.77. The van der Waals surface area contributed by atoms with E-state index >= 15 is 0 Å². The standard InChI is InChI=1S/C10H22N2O2/c1-9(2,3)11-8(14)12-10(4,5)6-7-13/h13H,6-7H2,1-5H3,(H2,11,12,14). The molecule has 0 bridgehead atoms. The van der Waals surface area contributed by atoms with Gasteiger partial charge in [0.1, 0.15) is 0 Å². The molecule has 0 aromatic carbocycles. The molecule has 0 rings (SSSR count). The van der Waals surface area contributed by atoms with E-state index in [9.17, 15) is 4.79 Å². The summed E-state index contributed by atoms with van der Waals surface area (Å²) in [6, 6.07) is -0.198. The molecule has 2 amide bonds. The molecule has 0 aliphatic rings. The smallest absolute Gasteiger partial charge is 0.315 e. The Balaban J connectivity index is 4.06. The molecule has 0 aromatic rings. The lowest BCUT2D eigenvalue weighted by atomic mass is 10.0. The number of nitrogens with one attached hydrogen (secondary N) is 2. The van der Waals surface area contributed by atoms with Crippen LogP contribution < -0.4 is 10.6 Å². The van der Waals surface area contributed by atoms with Crippen LogP contribution in [0.1, 0.15) is 41.0 Å². The van der Waals surface area contributed by atoms with Crippen molar-refractivity contribution in [3.63, 3.8) is 0 Å². The minimum atomic E-state index is -0.371. The SMILES string of the molecule is CC(C)(C)NC(=O)NC(C)(C)CCO. The topological polar surface area (TPSA) is 61.4 Å². The van der Waals surface area contributed by atoms with E-state index in [0.29, 0.717) is 6.42 Å². The fraction of sp³-hybridized carbons (Fsp3) is 0.900. The number of hydrogen-bond donors (Lipinski definition) is 3. The van der Waals surface area contributed by atoms with E-state index in [1.54, 1.807) is 0 Å². The largest absolute Gasteiger partial charge is 0.396 e. The number of aliphatic hydroxyl groups is 1. The number of rotatable bonds is 3. The van der Waals surface area contributed by atoms with Crippen LogP contribution in [0.25, 0.3) is 0 Å². The highest BCUT2D eigenvalue weighted by atomic mass is 16.3. The predicted molar refractivity (Wildman–Crippen MR) is 57.2 cm³/mol. The molecule has 0 atom stereocenters. The van der Waals surface area contributed by atoms with Gasteiger partial charge in [0.15, 0.2) is 0 Å². The van der Waals surface area contributed by atoms with Crippen molar-refractivity contribution in [3.8, 4) is 0 Å². The summed E-state index contributed by atoms with van der Waals surface area (Å²) in [6.45, 7) is 9.60. The van der Waals surface area contributed by atoms with Crippen molar-refractivity contribution in [2.45, 2.75) is 52.1 Å². The maximum atomic E-state index is 11.4. The molecule has 0 heterocycles. The molecule has 0 fully saturated rings. The van der Waals surface area contributed by atoms with Crippen LogP contribution in [0, 0.1) is 0 Å². The quantitative estimate of drug-likeness (QED) is 0.645. The van der Waals surface area contributed by atoms with Gasteiger partial charge >= 0.3 is 6.03 Å². The summed E-state index contributed by atoms with van der Waals surface area (Å²) in [6.07, 6.45) is 0.546. The van der Waals surface area contributed by atoms with Gasteiger partial charge in [-0.2, -0.15) is 0 Å². The molecule has 0 radical (unpaired) electrons. The molecule has 0 unspecified atom stereocenters. The van der Waals surface area contributed by atoms with E-state index in [4.69, 9.17) is 5.11 Å². The maximum Gasteiger partial charge on any atom is 0.315 e. The Morgan fingerprint density at radius 2 is 1.64 bits per heavy atom. The highest BCUT2D eigenvalue weighted by molar-refractivity contribution is 5.75. The Kier molecular flexibility index (Phi) is 4.39. The summed E-state index contributed by atoms with van der Waals surface area (Å²) in [5.41, 5.74) is -0.608. The second-order valence-corrected chi connectivity index (χ2v) is 5.19. The van der Waals surface area contributed by atoms with Crippen LogP contribution in [-0.4, -0.2) is 28.8 Å². The summed E-state index contributed by atoms with van der Waals surface area (Å²) in [5, 5.41) is 14.4. The lowest BCUT2D eigenvalue weighted by Gasteiger charge is -2.28. The van der Waals surface area contributed by atoms with Crippen molar-refractivity contribution in [2.75, 3.05) is 6.61 Å². The second kappa shape index (κ2) is 4.64. The fourth-order valence-electron chi connectivity index (χ4n) is 1.02. The van der Waals surface area contributed by atoms with E-state index in [2.05, 4.69) is 10.6 Å².